The molecule has 14 heavy (non-hydrogen) atoms. The number of carbonyl (C=O) groups excluding carboxylic acids is 1. The fraction of sp³-hybridized carbons (Fsp3) is 0.889. The summed E-state index contributed by atoms with van der Waals surface area (Å²) in [7, 11) is 1.59. The van der Waals surface area contributed by atoms with Gasteiger partial charge in [0.1, 0.15) is 0 Å². The number of amides is 1. The monoisotopic (exact) mass is 204 g/mol. The number of methoxy groups -OCH3 is 1. The second-order valence-corrected chi connectivity index (χ2v) is 2.94. The lowest BCUT2D eigenvalue weighted by molar-refractivity contribution is -0.122. The highest BCUT2D eigenvalue weighted by molar-refractivity contribution is 5.77. The number of aliphatic hydroxyl groups excluding tert-OH is 1. The lowest BCUT2D eigenvalue weighted by Crippen LogP contribution is -2.39. The molecule has 0 heterocycles. The maximum atomic E-state index is 11.3. The molecule has 1 amide bonds. The van der Waals surface area contributed by atoms with Gasteiger partial charge in [-0.1, -0.05) is 6.92 Å². The van der Waals surface area contributed by atoms with Crippen LogP contribution in [-0.4, -0.2) is 62.4 Å². The van der Waals surface area contributed by atoms with Crippen LogP contribution in [-0.2, 0) is 9.53 Å². The van der Waals surface area contributed by atoms with E-state index in [1.54, 1.807) is 7.11 Å². The number of nitrogens with zero attached hydrogens (tertiary/aromatic N) is 1. The highest BCUT2D eigenvalue weighted by Gasteiger charge is 2.07. The smallest absolute Gasteiger partial charge is 0.234 e. The summed E-state index contributed by atoms with van der Waals surface area (Å²) in [6.45, 7) is 4.73. The van der Waals surface area contributed by atoms with Gasteiger partial charge >= 0.3 is 0 Å². The van der Waals surface area contributed by atoms with Crippen molar-refractivity contribution in [3.8, 4) is 0 Å². The Morgan fingerprint density at radius 1 is 1.57 bits per heavy atom. The third kappa shape index (κ3) is 6.82. The van der Waals surface area contributed by atoms with Crippen molar-refractivity contribution in [1.82, 2.24) is 10.2 Å². The Hall–Kier alpha value is -0.650. The Bertz CT molecular complexity index is 153. The lowest BCUT2D eigenvalue weighted by atomic mass is 10.4. The number of nitrogens with one attached hydrogen (secondary N) is 1. The number of ether oxygens (including phenoxy) is 1. The van der Waals surface area contributed by atoms with E-state index < -0.39 is 0 Å². The fourth-order valence-corrected chi connectivity index (χ4v) is 1.04. The molecule has 0 aliphatic heterocycles. The fourth-order valence-electron chi connectivity index (χ4n) is 1.04. The summed E-state index contributed by atoms with van der Waals surface area (Å²) in [5, 5.41) is 11.4. The molecule has 0 aliphatic rings. The molecule has 0 rings (SSSR count). The minimum Gasteiger partial charge on any atom is -0.395 e. The van der Waals surface area contributed by atoms with Gasteiger partial charge < -0.3 is 15.2 Å². The van der Waals surface area contributed by atoms with Gasteiger partial charge in [-0.25, -0.2) is 0 Å². The molecule has 84 valence electrons. The minimum atomic E-state index is -0.0302. The first-order valence-corrected chi connectivity index (χ1v) is 4.83. The highest BCUT2D eigenvalue weighted by Crippen LogP contribution is 1.85. The van der Waals surface area contributed by atoms with Crippen LogP contribution in [0.1, 0.15) is 6.92 Å². The molecule has 0 spiro atoms. The van der Waals surface area contributed by atoms with E-state index in [1.165, 1.54) is 0 Å². The van der Waals surface area contributed by atoms with Crippen LogP contribution < -0.4 is 5.32 Å². The minimum absolute atomic E-state index is 0.0302. The summed E-state index contributed by atoms with van der Waals surface area (Å²) >= 11 is 0. The van der Waals surface area contributed by atoms with Gasteiger partial charge in [-0.05, 0) is 6.54 Å². The van der Waals surface area contributed by atoms with Crippen molar-refractivity contribution in [2.45, 2.75) is 6.92 Å². The Balaban J connectivity index is 3.56. The van der Waals surface area contributed by atoms with Crippen LogP contribution in [0.4, 0.5) is 0 Å². The zero-order valence-electron chi connectivity index (χ0n) is 8.95. The van der Waals surface area contributed by atoms with Crippen molar-refractivity contribution >= 4 is 5.91 Å². The zero-order valence-corrected chi connectivity index (χ0v) is 8.95. The van der Waals surface area contributed by atoms with E-state index in [0.29, 0.717) is 26.2 Å². The molecule has 5 heteroatoms. The van der Waals surface area contributed by atoms with Crippen molar-refractivity contribution < 1.29 is 14.6 Å². The van der Waals surface area contributed by atoms with Gasteiger partial charge in [-0.2, -0.15) is 0 Å². The van der Waals surface area contributed by atoms with Crippen LogP contribution in [0.2, 0.25) is 0 Å². The van der Waals surface area contributed by atoms with E-state index in [-0.39, 0.29) is 12.5 Å². The van der Waals surface area contributed by atoms with Gasteiger partial charge in [-0.3, -0.25) is 9.69 Å². The quantitative estimate of drug-likeness (QED) is 0.501. The largest absolute Gasteiger partial charge is 0.395 e. The highest BCUT2D eigenvalue weighted by atomic mass is 16.5. The second-order valence-electron chi connectivity index (χ2n) is 2.94. The van der Waals surface area contributed by atoms with E-state index in [0.717, 1.165) is 6.54 Å². The van der Waals surface area contributed by atoms with Crippen molar-refractivity contribution in [2.24, 2.45) is 0 Å². The van der Waals surface area contributed by atoms with Crippen molar-refractivity contribution in [3.63, 3.8) is 0 Å². The number of rotatable bonds is 8. The first-order chi connectivity index (χ1) is 6.74. The summed E-state index contributed by atoms with van der Waals surface area (Å²) in [5.74, 6) is -0.0302. The van der Waals surface area contributed by atoms with E-state index in [4.69, 9.17) is 9.84 Å². The summed E-state index contributed by atoms with van der Waals surface area (Å²) in [4.78, 5) is 13.1. The van der Waals surface area contributed by atoms with Crippen molar-refractivity contribution in [3.05, 3.63) is 0 Å². The lowest BCUT2D eigenvalue weighted by Gasteiger charge is -2.18. The molecule has 0 atom stereocenters. The van der Waals surface area contributed by atoms with Crippen molar-refractivity contribution in [1.29, 1.82) is 0 Å². The third-order valence-electron chi connectivity index (χ3n) is 1.86. The van der Waals surface area contributed by atoms with Gasteiger partial charge in [0.15, 0.2) is 0 Å². The summed E-state index contributed by atoms with van der Waals surface area (Å²) in [6, 6.07) is 0. The zero-order chi connectivity index (χ0) is 10.8. The standard InChI is InChI=1S/C9H20N2O3/c1-3-11(5-6-12)8-9(13)10-4-7-14-2/h12H,3-8H2,1-2H3,(H,10,13). The molecule has 0 unspecified atom stereocenters. The first kappa shape index (κ1) is 13.4. The average molecular weight is 204 g/mol. The summed E-state index contributed by atoms with van der Waals surface area (Å²) < 4.78 is 4.80. The molecule has 2 N–H and O–H groups in total. The number of likely N-dealkylation sites (N-methyl/N-ethyl adjacent to an activating group) is 1. The van der Waals surface area contributed by atoms with Gasteiger partial charge in [0.05, 0.1) is 19.8 Å². The maximum absolute atomic E-state index is 11.3. The molecule has 0 saturated heterocycles. The normalized spacial score (nSPS) is 10.6. The molecule has 0 aromatic carbocycles. The number of hydrogen-bond donors (Lipinski definition) is 2. The van der Waals surface area contributed by atoms with E-state index in [9.17, 15) is 4.79 Å². The van der Waals surface area contributed by atoms with Crippen LogP contribution in [0.25, 0.3) is 0 Å². The molecular formula is C9H20N2O3. The van der Waals surface area contributed by atoms with Gasteiger partial charge in [-0.15, -0.1) is 0 Å². The molecule has 0 aliphatic carbocycles. The van der Waals surface area contributed by atoms with E-state index >= 15 is 0 Å². The number of carbonyl (C=O) groups is 1. The molecular weight excluding hydrogens is 184 g/mol. The van der Waals surface area contributed by atoms with Gasteiger partial charge in [0.25, 0.3) is 0 Å². The molecule has 0 fully saturated rings. The topological polar surface area (TPSA) is 61.8 Å². The molecule has 0 radical (unpaired) electrons. The number of aliphatic hydroxyl groups is 1. The molecule has 0 aromatic heterocycles. The van der Waals surface area contributed by atoms with Crippen LogP contribution in [0.5, 0.6) is 0 Å². The molecule has 0 bridgehead atoms. The van der Waals surface area contributed by atoms with Crippen LogP contribution >= 0.6 is 0 Å². The summed E-state index contributed by atoms with van der Waals surface area (Å²) in [5.41, 5.74) is 0. The Morgan fingerprint density at radius 3 is 2.79 bits per heavy atom. The predicted molar refractivity (Wildman–Crippen MR) is 54.1 cm³/mol. The van der Waals surface area contributed by atoms with Crippen LogP contribution in [0, 0.1) is 0 Å². The maximum Gasteiger partial charge on any atom is 0.234 e. The van der Waals surface area contributed by atoms with E-state index in [2.05, 4.69) is 5.32 Å². The SMILES string of the molecule is CCN(CCO)CC(=O)NCCOC. The molecule has 0 saturated carbocycles. The average Bonchev–Trinajstić information content (AvgIpc) is 2.17. The first-order valence-electron chi connectivity index (χ1n) is 4.83. The number of hydrogen-bond acceptors (Lipinski definition) is 4. The van der Waals surface area contributed by atoms with Crippen molar-refractivity contribution in [2.75, 3.05) is 46.5 Å². The Kier molecular flexibility index (Phi) is 8.51. The molecule has 0 aromatic rings. The Morgan fingerprint density at radius 2 is 2.29 bits per heavy atom. The predicted octanol–water partition coefficient (Wildman–Crippen LogP) is -0.937. The molecule has 5 nitrogen and oxygen atoms in total. The van der Waals surface area contributed by atoms with E-state index in [1.807, 2.05) is 11.8 Å². The van der Waals surface area contributed by atoms with Gasteiger partial charge in [0.2, 0.25) is 5.91 Å². The van der Waals surface area contributed by atoms with Crippen LogP contribution in [0.3, 0.4) is 0 Å². The Labute approximate surface area is 85.0 Å². The summed E-state index contributed by atoms with van der Waals surface area (Å²) in [6.07, 6.45) is 0. The van der Waals surface area contributed by atoms with Crippen LogP contribution in [0.15, 0.2) is 0 Å². The van der Waals surface area contributed by atoms with Gasteiger partial charge in [0, 0.05) is 20.2 Å². The third-order valence-corrected chi connectivity index (χ3v) is 1.86. The second kappa shape index (κ2) is 8.93.